The molecule has 106 valence electrons. The number of aliphatic hydroxyl groups excluding tert-OH is 1. The molecular weight excluding hydrogens is 264 g/mol. The van der Waals surface area contributed by atoms with Gasteiger partial charge in [-0.05, 0) is 30.7 Å². The Morgan fingerprint density at radius 2 is 1.75 bits per heavy atom. The maximum absolute atomic E-state index is 13.2. The van der Waals surface area contributed by atoms with Gasteiger partial charge in [-0.15, -0.1) is 0 Å². The first-order valence-electron chi connectivity index (χ1n) is 6.16. The van der Waals surface area contributed by atoms with Gasteiger partial charge in [-0.1, -0.05) is 18.2 Å². The number of phenolic OH excluding ortho intramolecular Hbond substituents is 1. The second-order valence-electron chi connectivity index (χ2n) is 4.52. The molecule has 0 amide bonds. The zero-order chi connectivity index (χ0) is 14.7. The Bertz CT molecular complexity index is 592. The monoisotopic (exact) mass is 279 g/mol. The van der Waals surface area contributed by atoms with Crippen molar-refractivity contribution in [3.05, 3.63) is 59.2 Å². The maximum Gasteiger partial charge on any atom is 0.187 e. The molecule has 2 rings (SSSR count). The highest BCUT2D eigenvalue weighted by Crippen LogP contribution is 2.25. The van der Waals surface area contributed by atoms with Crippen LogP contribution in [0.3, 0.4) is 0 Å². The van der Waals surface area contributed by atoms with Gasteiger partial charge in [0.1, 0.15) is 0 Å². The molecule has 2 aromatic carbocycles. The molecule has 3 nitrogen and oxygen atoms in total. The van der Waals surface area contributed by atoms with E-state index in [2.05, 4.69) is 5.32 Å². The number of aromatic hydroxyl groups is 1. The number of hydrogen-bond donors (Lipinski definition) is 3. The van der Waals surface area contributed by atoms with Gasteiger partial charge in [0.25, 0.3) is 0 Å². The smallest absolute Gasteiger partial charge is 0.187 e. The van der Waals surface area contributed by atoms with Crippen LogP contribution in [-0.2, 0) is 6.54 Å². The summed E-state index contributed by atoms with van der Waals surface area (Å²) in [6.45, 7) is 1.82. The second kappa shape index (κ2) is 5.88. The average Bonchev–Trinajstić information content (AvgIpc) is 2.42. The van der Waals surface area contributed by atoms with E-state index < -0.39 is 23.5 Å². The summed E-state index contributed by atoms with van der Waals surface area (Å²) in [5, 5.41) is 21.7. The molecule has 5 heteroatoms. The van der Waals surface area contributed by atoms with Crippen molar-refractivity contribution in [2.45, 2.75) is 19.6 Å². The van der Waals surface area contributed by atoms with Crippen LogP contribution in [0.25, 0.3) is 0 Å². The predicted molar refractivity (Wildman–Crippen MR) is 72.4 cm³/mol. The van der Waals surface area contributed by atoms with E-state index in [-0.39, 0.29) is 6.54 Å². The van der Waals surface area contributed by atoms with Crippen LogP contribution in [0.5, 0.6) is 5.75 Å². The first kappa shape index (κ1) is 14.3. The van der Waals surface area contributed by atoms with E-state index in [1.807, 2.05) is 0 Å². The quantitative estimate of drug-likeness (QED) is 0.804. The summed E-state index contributed by atoms with van der Waals surface area (Å²) in [6, 6.07) is 9.27. The number of para-hydroxylation sites is 1. The molecule has 2 aromatic rings. The van der Waals surface area contributed by atoms with Crippen LogP contribution in [0.4, 0.5) is 14.5 Å². The van der Waals surface area contributed by atoms with E-state index >= 15 is 0 Å². The molecule has 0 spiro atoms. The first-order valence-corrected chi connectivity index (χ1v) is 6.16. The van der Waals surface area contributed by atoms with Gasteiger partial charge in [0.15, 0.2) is 17.4 Å². The lowest BCUT2D eigenvalue weighted by Crippen LogP contribution is -2.05. The minimum atomic E-state index is -0.995. The van der Waals surface area contributed by atoms with Crippen molar-refractivity contribution in [1.82, 2.24) is 0 Å². The van der Waals surface area contributed by atoms with Crippen LogP contribution in [0.15, 0.2) is 36.4 Å². The van der Waals surface area contributed by atoms with Crippen molar-refractivity contribution >= 4 is 5.69 Å². The molecule has 0 saturated carbocycles. The summed E-state index contributed by atoms with van der Waals surface area (Å²) in [7, 11) is 0. The van der Waals surface area contributed by atoms with Crippen molar-refractivity contribution in [1.29, 1.82) is 0 Å². The summed E-state index contributed by atoms with van der Waals surface area (Å²) >= 11 is 0. The highest BCUT2D eigenvalue weighted by Gasteiger charge is 2.10. The van der Waals surface area contributed by atoms with E-state index in [9.17, 15) is 13.9 Å². The van der Waals surface area contributed by atoms with Crippen molar-refractivity contribution in [2.75, 3.05) is 5.32 Å². The molecule has 0 saturated heterocycles. The molecule has 0 aliphatic rings. The molecule has 0 aliphatic heterocycles. The molecule has 1 atom stereocenters. The van der Waals surface area contributed by atoms with Crippen LogP contribution in [0, 0.1) is 11.6 Å². The van der Waals surface area contributed by atoms with Gasteiger partial charge in [0.2, 0.25) is 0 Å². The third-order valence-electron chi connectivity index (χ3n) is 2.97. The Morgan fingerprint density at radius 1 is 1.15 bits per heavy atom. The van der Waals surface area contributed by atoms with Gasteiger partial charge >= 0.3 is 0 Å². The van der Waals surface area contributed by atoms with E-state index in [4.69, 9.17) is 5.11 Å². The second-order valence-corrected chi connectivity index (χ2v) is 4.52. The average molecular weight is 279 g/mol. The molecule has 1 unspecified atom stereocenters. The summed E-state index contributed by atoms with van der Waals surface area (Å²) in [4.78, 5) is 0. The van der Waals surface area contributed by atoms with E-state index in [1.165, 1.54) is 0 Å². The standard InChI is InChI=1S/C15H15F2NO2/c1-9(19)11-4-2-3-5-14(11)18-8-10-6-12(16)15(20)13(17)7-10/h2-7,9,18-20H,8H2,1H3. The maximum atomic E-state index is 13.2. The molecular formula is C15H15F2NO2. The lowest BCUT2D eigenvalue weighted by Gasteiger charge is -2.14. The van der Waals surface area contributed by atoms with Gasteiger partial charge in [-0.2, -0.15) is 0 Å². The largest absolute Gasteiger partial charge is 0.503 e. The molecule has 0 aromatic heterocycles. The SMILES string of the molecule is CC(O)c1ccccc1NCc1cc(F)c(O)c(F)c1. The minimum absolute atomic E-state index is 0.178. The van der Waals surface area contributed by atoms with E-state index in [1.54, 1.807) is 31.2 Å². The van der Waals surface area contributed by atoms with Gasteiger partial charge in [-0.25, -0.2) is 8.78 Å². The van der Waals surface area contributed by atoms with Crippen LogP contribution in [-0.4, -0.2) is 10.2 Å². The zero-order valence-corrected chi connectivity index (χ0v) is 10.9. The fourth-order valence-electron chi connectivity index (χ4n) is 1.94. The number of nitrogens with one attached hydrogen (secondary N) is 1. The number of phenols is 1. The topological polar surface area (TPSA) is 52.5 Å². The summed E-state index contributed by atoms with van der Waals surface area (Å²) in [6.07, 6.45) is -0.646. The lowest BCUT2D eigenvalue weighted by atomic mass is 10.1. The summed E-state index contributed by atoms with van der Waals surface area (Å²) < 4.78 is 26.4. The number of aliphatic hydroxyl groups is 1. The number of anilines is 1. The highest BCUT2D eigenvalue weighted by molar-refractivity contribution is 5.52. The third-order valence-corrected chi connectivity index (χ3v) is 2.97. The van der Waals surface area contributed by atoms with Gasteiger partial charge in [0.05, 0.1) is 6.10 Å². The Kier molecular flexibility index (Phi) is 4.20. The highest BCUT2D eigenvalue weighted by atomic mass is 19.1. The number of hydrogen-bond acceptors (Lipinski definition) is 3. The van der Waals surface area contributed by atoms with Crippen LogP contribution >= 0.6 is 0 Å². The van der Waals surface area contributed by atoms with Crippen molar-refractivity contribution < 1.29 is 19.0 Å². The molecule has 0 aliphatic carbocycles. The summed E-state index contributed by atoms with van der Waals surface area (Å²) in [5.74, 6) is -2.96. The molecule has 0 bridgehead atoms. The fourth-order valence-corrected chi connectivity index (χ4v) is 1.94. The Balaban J connectivity index is 2.17. The molecule has 0 heterocycles. The molecule has 20 heavy (non-hydrogen) atoms. The van der Waals surface area contributed by atoms with Gasteiger partial charge in [-0.3, -0.25) is 0 Å². The number of rotatable bonds is 4. The first-order chi connectivity index (χ1) is 9.49. The van der Waals surface area contributed by atoms with Crippen LogP contribution in [0.2, 0.25) is 0 Å². The van der Waals surface area contributed by atoms with Gasteiger partial charge < -0.3 is 15.5 Å². The third kappa shape index (κ3) is 3.05. The summed E-state index contributed by atoms with van der Waals surface area (Å²) in [5.41, 5.74) is 1.75. The van der Waals surface area contributed by atoms with Crippen LogP contribution in [0.1, 0.15) is 24.2 Å². The van der Waals surface area contributed by atoms with E-state index in [0.717, 1.165) is 12.1 Å². The Labute approximate surface area is 115 Å². The normalized spacial score (nSPS) is 12.2. The van der Waals surface area contributed by atoms with Crippen molar-refractivity contribution in [2.24, 2.45) is 0 Å². The zero-order valence-electron chi connectivity index (χ0n) is 10.9. The van der Waals surface area contributed by atoms with Crippen molar-refractivity contribution in [3.63, 3.8) is 0 Å². The number of benzene rings is 2. The van der Waals surface area contributed by atoms with E-state index in [0.29, 0.717) is 16.8 Å². The van der Waals surface area contributed by atoms with Crippen molar-refractivity contribution in [3.8, 4) is 5.75 Å². The lowest BCUT2D eigenvalue weighted by molar-refractivity contribution is 0.200. The Hall–Kier alpha value is -2.14. The van der Waals surface area contributed by atoms with Crippen LogP contribution < -0.4 is 5.32 Å². The predicted octanol–water partition coefficient (Wildman–Crippen LogP) is 3.34. The molecule has 0 radical (unpaired) electrons. The molecule has 3 N–H and O–H groups in total. The minimum Gasteiger partial charge on any atom is -0.503 e. The molecule has 0 fully saturated rings. The fraction of sp³-hybridized carbons (Fsp3) is 0.200. The number of halogens is 2. The Morgan fingerprint density at radius 3 is 2.35 bits per heavy atom. The van der Waals surface area contributed by atoms with Gasteiger partial charge in [0, 0.05) is 17.8 Å².